The van der Waals surface area contributed by atoms with E-state index in [-0.39, 0.29) is 5.95 Å². The number of nitrogens with zero attached hydrogens (tertiary/aromatic N) is 4. The van der Waals surface area contributed by atoms with Crippen molar-refractivity contribution in [3.05, 3.63) is 0 Å². The van der Waals surface area contributed by atoms with E-state index in [0.717, 1.165) is 19.0 Å². The zero-order valence-electron chi connectivity index (χ0n) is 11.9. The first-order valence-corrected chi connectivity index (χ1v) is 7.31. The van der Waals surface area contributed by atoms with Gasteiger partial charge in [0.05, 0.1) is 13.2 Å². The minimum absolute atomic E-state index is 0.266. The molecule has 0 radical (unpaired) electrons. The number of nitrogens with two attached hydrogens (primary N) is 1. The summed E-state index contributed by atoms with van der Waals surface area (Å²) in [4.78, 5) is 15.0. The Morgan fingerprint density at radius 1 is 1.30 bits per heavy atom. The summed E-state index contributed by atoms with van der Waals surface area (Å²) < 4.78 is 5.34. The molecule has 0 amide bonds. The topological polar surface area (TPSA) is 89.2 Å². The first-order chi connectivity index (χ1) is 9.70. The number of aromatic nitrogens is 3. The maximum Gasteiger partial charge on any atom is 0.232 e. The van der Waals surface area contributed by atoms with Gasteiger partial charge in [-0.05, 0) is 19.3 Å². The zero-order chi connectivity index (χ0) is 13.9. The molecule has 3 N–H and O–H groups in total. The zero-order valence-corrected chi connectivity index (χ0v) is 11.9. The fraction of sp³-hybridized carbons (Fsp3) is 0.769. The van der Waals surface area contributed by atoms with Gasteiger partial charge in [0.1, 0.15) is 0 Å². The van der Waals surface area contributed by atoms with Crippen molar-refractivity contribution >= 4 is 17.8 Å². The van der Waals surface area contributed by atoms with Crippen molar-refractivity contribution in [2.24, 2.45) is 5.92 Å². The fourth-order valence-electron chi connectivity index (χ4n) is 2.48. The molecule has 1 aromatic rings. The maximum absolute atomic E-state index is 5.80. The average molecular weight is 278 g/mol. The van der Waals surface area contributed by atoms with Gasteiger partial charge in [0.25, 0.3) is 0 Å². The molecule has 1 aliphatic carbocycles. The molecule has 3 rings (SSSR count). The van der Waals surface area contributed by atoms with Gasteiger partial charge in [-0.25, -0.2) is 0 Å². The van der Waals surface area contributed by atoms with Gasteiger partial charge in [-0.15, -0.1) is 0 Å². The van der Waals surface area contributed by atoms with Crippen LogP contribution in [0.2, 0.25) is 0 Å². The SMILES string of the molecule is CC(CC1CC1)Nc1nc(N)nc(N2CCOCC2)n1. The Labute approximate surface area is 118 Å². The first-order valence-electron chi connectivity index (χ1n) is 7.31. The van der Waals surface area contributed by atoms with Crippen molar-refractivity contribution in [2.75, 3.05) is 42.3 Å². The molecule has 1 saturated heterocycles. The van der Waals surface area contributed by atoms with Crippen LogP contribution in [0, 0.1) is 5.92 Å². The van der Waals surface area contributed by atoms with Crippen molar-refractivity contribution in [3.63, 3.8) is 0 Å². The molecule has 2 aliphatic rings. The molecule has 2 heterocycles. The van der Waals surface area contributed by atoms with Crippen molar-refractivity contribution in [1.29, 1.82) is 0 Å². The summed E-state index contributed by atoms with van der Waals surface area (Å²) in [5.74, 6) is 2.35. The molecule has 1 saturated carbocycles. The molecule has 1 aliphatic heterocycles. The fourth-order valence-corrected chi connectivity index (χ4v) is 2.48. The van der Waals surface area contributed by atoms with E-state index in [0.29, 0.717) is 31.2 Å². The second kappa shape index (κ2) is 5.78. The van der Waals surface area contributed by atoms with E-state index >= 15 is 0 Å². The number of morpholine rings is 1. The lowest BCUT2D eigenvalue weighted by Crippen LogP contribution is -2.37. The predicted octanol–water partition coefficient (Wildman–Crippen LogP) is 0.891. The van der Waals surface area contributed by atoms with Crippen LogP contribution in [0.4, 0.5) is 17.8 Å². The molecule has 2 fully saturated rings. The van der Waals surface area contributed by atoms with Gasteiger partial charge in [0.2, 0.25) is 17.8 Å². The Balaban J connectivity index is 1.68. The predicted molar refractivity (Wildman–Crippen MR) is 77.7 cm³/mol. The summed E-state index contributed by atoms with van der Waals surface area (Å²) >= 11 is 0. The van der Waals surface area contributed by atoms with Crippen LogP contribution in [0.25, 0.3) is 0 Å². The van der Waals surface area contributed by atoms with E-state index in [1.807, 2.05) is 0 Å². The van der Waals surface area contributed by atoms with Gasteiger partial charge in [-0.1, -0.05) is 12.8 Å². The summed E-state index contributed by atoms with van der Waals surface area (Å²) in [6, 6.07) is 0.363. The Morgan fingerprint density at radius 2 is 2.05 bits per heavy atom. The number of nitrogens with one attached hydrogen (secondary N) is 1. The van der Waals surface area contributed by atoms with Crippen LogP contribution in [0.5, 0.6) is 0 Å². The number of ether oxygens (including phenoxy) is 1. The lowest BCUT2D eigenvalue weighted by Gasteiger charge is -2.27. The van der Waals surface area contributed by atoms with Gasteiger partial charge in [-0.2, -0.15) is 15.0 Å². The van der Waals surface area contributed by atoms with Crippen LogP contribution in [0.3, 0.4) is 0 Å². The third-order valence-corrected chi connectivity index (χ3v) is 3.69. The lowest BCUT2D eigenvalue weighted by atomic mass is 10.2. The van der Waals surface area contributed by atoms with E-state index in [9.17, 15) is 0 Å². The molecule has 0 bridgehead atoms. The van der Waals surface area contributed by atoms with Crippen LogP contribution in [-0.4, -0.2) is 47.3 Å². The Kier molecular flexibility index (Phi) is 3.86. The molecule has 1 atom stereocenters. The minimum atomic E-state index is 0.266. The first kappa shape index (κ1) is 13.4. The highest BCUT2D eigenvalue weighted by Gasteiger charge is 2.24. The number of hydrogen-bond acceptors (Lipinski definition) is 7. The highest BCUT2D eigenvalue weighted by atomic mass is 16.5. The molecule has 7 heteroatoms. The van der Waals surface area contributed by atoms with Crippen LogP contribution in [0.15, 0.2) is 0 Å². The second-order valence-electron chi connectivity index (χ2n) is 5.64. The molecule has 0 spiro atoms. The molecule has 7 nitrogen and oxygen atoms in total. The molecule has 20 heavy (non-hydrogen) atoms. The summed E-state index contributed by atoms with van der Waals surface area (Å²) in [7, 11) is 0. The number of rotatable bonds is 5. The quantitative estimate of drug-likeness (QED) is 0.826. The molecule has 1 unspecified atom stereocenters. The molecular weight excluding hydrogens is 256 g/mol. The standard InChI is InChI=1S/C13H22N6O/c1-9(8-10-2-3-10)15-12-16-11(14)17-13(18-12)19-4-6-20-7-5-19/h9-10H,2-8H2,1H3,(H3,14,15,16,17,18). The van der Waals surface area contributed by atoms with Gasteiger partial charge >= 0.3 is 0 Å². The number of anilines is 3. The number of nitrogen functional groups attached to an aromatic ring is 1. The van der Waals surface area contributed by atoms with Crippen LogP contribution >= 0.6 is 0 Å². The van der Waals surface area contributed by atoms with Crippen molar-refractivity contribution in [3.8, 4) is 0 Å². The van der Waals surface area contributed by atoms with Gasteiger partial charge in [0, 0.05) is 19.1 Å². The summed E-state index contributed by atoms with van der Waals surface area (Å²) in [5, 5.41) is 3.33. The van der Waals surface area contributed by atoms with E-state index < -0.39 is 0 Å². The van der Waals surface area contributed by atoms with Crippen LogP contribution in [-0.2, 0) is 4.74 Å². The normalized spacial score (nSPS) is 20.8. The van der Waals surface area contributed by atoms with E-state index in [1.165, 1.54) is 19.3 Å². The molecule has 110 valence electrons. The summed E-state index contributed by atoms with van der Waals surface area (Å²) in [6.45, 7) is 5.15. The van der Waals surface area contributed by atoms with Crippen molar-refractivity contribution in [2.45, 2.75) is 32.2 Å². The van der Waals surface area contributed by atoms with Crippen molar-refractivity contribution < 1.29 is 4.74 Å². The highest BCUT2D eigenvalue weighted by Crippen LogP contribution is 2.33. The number of hydrogen-bond donors (Lipinski definition) is 2. The molecular formula is C13H22N6O. The second-order valence-corrected chi connectivity index (χ2v) is 5.64. The van der Waals surface area contributed by atoms with E-state index in [1.54, 1.807) is 0 Å². The Bertz CT molecular complexity index is 458. The van der Waals surface area contributed by atoms with Gasteiger partial charge in [0.15, 0.2) is 0 Å². The smallest absolute Gasteiger partial charge is 0.232 e. The Hall–Kier alpha value is -1.63. The molecule has 1 aromatic heterocycles. The van der Waals surface area contributed by atoms with Crippen LogP contribution in [0.1, 0.15) is 26.2 Å². The average Bonchev–Trinajstić information content (AvgIpc) is 3.23. The largest absolute Gasteiger partial charge is 0.378 e. The summed E-state index contributed by atoms with van der Waals surface area (Å²) in [6.07, 6.45) is 3.87. The monoisotopic (exact) mass is 278 g/mol. The minimum Gasteiger partial charge on any atom is -0.378 e. The lowest BCUT2D eigenvalue weighted by molar-refractivity contribution is 0.122. The van der Waals surface area contributed by atoms with Crippen LogP contribution < -0.4 is 16.0 Å². The van der Waals surface area contributed by atoms with E-state index in [4.69, 9.17) is 10.5 Å². The Morgan fingerprint density at radius 3 is 2.75 bits per heavy atom. The maximum atomic E-state index is 5.80. The third kappa shape index (κ3) is 3.47. The van der Waals surface area contributed by atoms with E-state index in [2.05, 4.69) is 32.1 Å². The van der Waals surface area contributed by atoms with Gasteiger partial charge in [-0.3, -0.25) is 0 Å². The summed E-state index contributed by atoms with van der Waals surface area (Å²) in [5.41, 5.74) is 5.80. The third-order valence-electron chi connectivity index (χ3n) is 3.69. The molecule has 0 aromatic carbocycles. The highest BCUT2D eigenvalue weighted by molar-refractivity contribution is 5.42. The van der Waals surface area contributed by atoms with Crippen molar-refractivity contribution in [1.82, 2.24) is 15.0 Å². The van der Waals surface area contributed by atoms with Gasteiger partial charge < -0.3 is 20.7 Å².